The van der Waals surface area contributed by atoms with Crippen LogP contribution < -0.4 is 5.32 Å². The molecule has 0 spiro atoms. The lowest BCUT2D eigenvalue weighted by Crippen LogP contribution is -2.37. The van der Waals surface area contributed by atoms with Crippen LogP contribution in [0.15, 0.2) is 0 Å². The van der Waals surface area contributed by atoms with E-state index in [1.54, 1.807) is 0 Å². The lowest BCUT2D eigenvalue weighted by atomic mass is 10.2. The fourth-order valence-corrected chi connectivity index (χ4v) is 2.38. The molecule has 1 atom stereocenters. The van der Waals surface area contributed by atoms with Gasteiger partial charge in [0, 0.05) is 12.6 Å². The molecule has 0 aliphatic carbocycles. The van der Waals surface area contributed by atoms with E-state index in [4.69, 9.17) is 0 Å². The minimum Gasteiger partial charge on any atom is -0.315 e. The molecule has 0 bridgehead atoms. The average Bonchev–Trinajstić information content (AvgIpc) is 2.65. The summed E-state index contributed by atoms with van der Waals surface area (Å²) in [4.78, 5) is 2.62. The third-order valence-electron chi connectivity index (χ3n) is 2.75. The SMILES string of the molecule is CCN(CCCSC)C1CCNC1. The van der Waals surface area contributed by atoms with Gasteiger partial charge in [-0.3, -0.25) is 4.90 Å². The minimum absolute atomic E-state index is 0.812. The molecule has 0 aromatic carbocycles. The first-order valence-corrected chi connectivity index (χ1v) is 6.71. The monoisotopic (exact) mass is 202 g/mol. The normalized spacial score (nSPS) is 22.8. The summed E-state index contributed by atoms with van der Waals surface area (Å²) >= 11 is 1.95. The highest BCUT2D eigenvalue weighted by Gasteiger charge is 2.19. The van der Waals surface area contributed by atoms with Crippen LogP contribution in [0.5, 0.6) is 0 Å². The van der Waals surface area contributed by atoms with Crippen molar-refractivity contribution in [2.24, 2.45) is 0 Å². The third-order valence-corrected chi connectivity index (χ3v) is 3.45. The zero-order valence-corrected chi connectivity index (χ0v) is 9.70. The van der Waals surface area contributed by atoms with Crippen LogP contribution in [0.2, 0.25) is 0 Å². The summed E-state index contributed by atoms with van der Waals surface area (Å²) in [6.45, 7) is 7.18. The largest absolute Gasteiger partial charge is 0.315 e. The lowest BCUT2D eigenvalue weighted by molar-refractivity contribution is 0.220. The summed E-state index contributed by atoms with van der Waals surface area (Å²) in [6.07, 6.45) is 4.87. The van der Waals surface area contributed by atoms with E-state index in [2.05, 4.69) is 23.4 Å². The Morgan fingerprint density at radius 1 is 1.54 bits per heavy atom. The number of thioether (sulfide) groups is 1. The summed E-state index contributed by atoms with van der Waals surface area (Å²) in [7, 11) is 0. The van der Waals surface area contributed by atoms with Crippen molar-refractivity contribution in [3.63, 3.8) is 0 Å². The maximum atomic E-state index is 3.43. The average molecular weight is 202 g/mol. The Morgan fingerprint density at radius 3 is 2.92 bits per heavy atom. The van der Waals surface area contributed by atoms with E-state index in [9.17, 15) is 0 Å². The molecule has 1 aliphatic rings. The van der Waals surface area contributed by atoms with E-state index < -0.39 is 0 Å². The Morgan fingerprint density at radius 2 is 2.38 bits per heavy atom. The maximum Gasteiger partial charge on any atom is 0.0232 e. The summed E-state index contributed by atoms with van der Waals surface area (Å²) in [5, 5.41) is 3.43. The molecule has 13 heavy (non-hydrogen) atoms. The van der Waals surface area contributed by atoms with Crippen LogP contribution in [0.25, 0.3) is 0 Å². The highest BCUT2D eigenvalue weighted by Crippen LogP contribution is 2.09. The number of likely N-dealkylation sites (N-methyl/N-ethyl adjacent to an activating group) is 1. The van der Waals surface area contributed by atoms with Crippen molar-refractivity contribution in [3.8, 4) is 0 Å². The molecule has 1 aliphatic heterocycles. The molecule has 78 valence electrons. The summed E-state index contributed by atoms with van der Waals surface area (Å²) in [5.41, 5.74) is 0. The molecule has 1 rings (SSSR count). The number of rotatable bonds is 6. The molecule has 3 heteroatoms. The van der Waals surface area contributed by atoms with E-state index in [1.165, 1.54) is 44.8 Å². The van der Waals surface area contributed by atoms with Gasteiger partial charge in [-0.1, -0.05) is 6.92 Å². The Hall–Kier alpha value is 0.270. The molecular weight excluding hydrogens is 180 g/mol. The van der Waals surface area contributed by atoms with Crippen molar-refractivity contribution in [2.75, 3.05) is 38.2 Å². The van der Waals surface area contributed by atoms with E-state index in [-0.39, 0.29) is 0 Å². The second-order valence-electron chi connectivity index (χ2n) is 3.62. The van der Waals surface area contributed by atoms with Gasteiger partial charge in [0.2, 0.25) is 0 Å². The van der Waals surface area contributed by atoms with Gasteiger partial charge in [0.1, 0.15) is 0 Å². The third kappa shape index (κ3) is 3.88. The summed E-state index contributed by atoms with van der Waals surface area (Å²) in [5.74, 6) is 1.30. The van der Waals surface area contributed by atoms with E-state index in [0.717, 1.165) is 6.04 Å². The van der Waals surface area contributed by atoms with E-state index >= 15 is 0 Å². The number of nitrogens with one attached hydrogen (secondary N) is 1. The number of hydrogen-bond donors (Lipinski definition) is 1. The summed E-state index contributed by atoms with van der Waals surface area (Å²) in [6, 6.07) is 0.812. The van der Waals surface area contributed by atoms with Crippen molar-refractivity contribution in [2.45, 2.75) is 25.8 Å². The lowest BCUT2D eigenvalue weighted by Gasteiger charge is -2.26. The molecule has 1 saturated heterocycles. The topological polar surface area (TPSA) is 15.3 Å². The van der Waals surface area contributed by atoms with Crippen LogP contribution in [0.1, 0.15) is 19.8 Å². The van der Waals surface area contributed by atoms with Gasteiger partial charge in [-0.05, 0) is 44.5 Å². The molecule has 2 nitrogen and oxygen atoms in total. The molecule has 1 fully saturated rings. The second-order valence-corrected chi connectivity index (χ2v) is 4.61. The minimum atomic E-state index is 0.812. The van der Waals surface area contributed by atoms with E-state index in [1.807, 2.05) is 11.8 Å². The fourth-order valence-electron chi connectivity index (χ4n) is 1.96. The first-order valence-electron chi connectivity index (χ1n) is 5.32. The quantitative estimate of drug-likeness (QED) is 0.656. The van der Waals surface area contributed by atoms with E-state index in [0.29, 0.717) is 0 Å². The predicted molar refractivity (Wildman–Crippen MR) is 61.5 cm³/mol. The van der Waals surface area contributed by atoms with Crippen LogP contribution >= 0.6 is 11.8 Å². The fraction of sp³-hybridized carbons (Fsp3) is 1.00. The van der Waals surface area contributed by atoms with Gasteiger partial charge in [-0.25, -0.2) is 0 Å². The second kappa shape index (κ2) is 6.68. The Kier molecular flexibility index (Phi) is 5.83. The molecule has 0 amide bonds. The highest BCUT2D eigenvalue weighted by atomic mass is 32.2. The standard InChI is InChI=1S/C10H22N2S/c1-3-12(7-4-8-13-2)10-5-6-11-9-10/h10-11H,3-9H2,1-2H3. The van der Waals surface area contributed by atoms with Crippen molar-refractivity contribution >= 4 is 11.8 Å². The molecular formula is C10H22N2S. The maximum absolute atomic E-state index is 3.43. The van der Waals surface area contributed by atoms with Crippen LogP contribution in [0.4, 0.5) is 0 Å². The Bertz CT molecular complexity index is 124. The molecule has 0 saturated carbocycles. The molecule has 1 unspecified atom stereocenters. The number of nitrogens with zero attached hydrogens (tertiary/aromatic N) is 1. The Balaban J connectivity index is 2.16. The highest BCUT2D eigenvalue weighted by molar-refractivity contribution is 7.98. The molecule has 0 aromatic rings. The molecule has 0 aromatic heterocycles. The summed E-state index contributed by atoms with van der Waals surface area (Å²) < 4.78 is 0. The molecule has 1 heterocycles. The van der Waals surface area contributed by atoms with Gasteiger partial charge in [-0.2, -0.15) is 11.8 Å². The predicted octanol–water partition coefficient (Wildman–Crippen LogP) is 1.42. The zero-order valence-electron chi connectivity index (χ0n) is 8.88. The van der Waals surface area contributed by atoms with Gasteiger partial charge in [-0.15, -0.1) is 0 Å². The molecule has 0 radical (unpaired) electrons. The van der Waals surface area contributed by atoms with Gasteiger partial charge in [0.05, 0.1) is 0 Å². The van der Waals surface area contributed by atoms with Gasteiger partial charge < -0.3 is 5.32 Å². The first-order chi connectivity index (χ1) is 6.38. The van der Waals surface area contributed by atoms with Crippen molar-refractivity contribution in [1.82, 2.24) is 10.2 Å². The van der Waals surface area contributed by atoms with Crippen LogP contribution in [-0.4, -0.2) is 49.1 Å². The van der Waals surface area contributed by atoms with Gasteiger partial charge in [0.25, 0.3) is 0 Å². The Labute approximate surface area is 86.5 Å². The smallest absolute Gasteiger partial charge is 0.0232 e. The van der Waals surface area contributed by atoms with Crippen LogP contribution in [-0.2, 0) is 0 Å². The first kappa shape index (κ1) is 11.3. The molecule has 1 N–H and O–H groups in total. The van der Waals surface area contributed by atoms with Crippen molar-refractivity contribution in [1.29, 1.82) is 0 Å². The van der Waals surface area contributed by atoms with Crippen LogP contribution in [0, 0.1) is 0 Å². The number of hydrogen-bond acceptors (Lipinski definition) is 3. The van der Waals surface area contributed by atoms with Gasteiger partial charge in [0.15, 0.2) is 0 Å². The zero-order chi connectivity index (χ0) is 9.52. The van der Waals surface area contributed by atoms with Crippen molar-refractivity contribution in [3.05, 3.63) is 0 Å². The van der Waals surface area contributed by atoms with Gasteiger partial charge >= 0.3 is 0 Å². The van der Waals surface area contributed by atoms with Crippen molar-refractivity contribution < 1.29 is 0 Å². The van der Waals surface area contributed by atoms with Crippen LogP contribution in [0.3, 0.4) is 0 Å².